The van der Waals surface area contributed by atoms with Crippen LogP contribution in [0.5, 0.6) is 5.75 Å². The summed E-state index contributed by atoms with van der Waals surface area (Å²) in [5.41, 5.74) is 1.62. The fourth-order valence-corrected chi connectivity index (χ4v) is 2.84. The topological polar surface area (TPSA) is 94.8 Å². The monoisotopic (exact) mass is 395 g/mol. The highest BCUT2D eigenvalue weighted by Gasteiger charge is 2.11. The molecule has 1 aromatic heterocycles. The van der Waals surface area contributed by atoms with Crippen LogP contribution in [-0.2, 0) is 22.6 Å². The highest BCUT2D eigenvalue weighted by atomic mass is 16.6. The average molecular weight is 395 g/mol. The molecule has 0 saturated carbocycles. The van der Waals surface area contributed by atoms with Crippen molar-refractivity contribution in [2.24, 2.45) is 0 Å². The summed E-state index contributed by atoms with van der Waals surface area (Å²) >= 11 is 0. The molecule has 1 heterocycles. The fourth-order valence-electron chi connectivity index (χ4n) is 2.84. The predicted molar refractivity (Wildman–Crippen MR) is 107 cm³/mol. The van der Waals surface area contributed by atoms with Gasteiger partial charge in [0.1, 0.15) is 24.5 Å². The molecule has 7 nitrogen and oxygen atoms in total. The van der Waals surface area contributed by atoms with E-state index in [-0.39, 0.29) is 18.9 Å². The average Bonchev–Trinajstić information content (AvgIpc) is 2.71. The van der Waals surface area contributed by atoms with E-state index in [0.717, 1.165) is 29.4 Å². The molecule has 7 heteroatoms. The summed E-state index contributed by atoms with van der Waals surface area (Å²) in [7, 11) is 0. The summed E-state index contributed by atoms with van der Waals surface area (Å²) in [6, 6.07) is 15.5. The Morgan fingerprint density at radius 2 is 1.86 bits per heavy atom. The molecule has 1 N–H and O–H groups in total. The van der Waals surface area contributed by atoms with Crippen LogP contribution in [0.2, 0.25) is 0 Å². The van der Waals surface area contributed by atoms with Gasteiger partial charge in [-0.15, -0.1) is 0 Å². The van der Waals surface area contributed by atoms with Crippen molar-refractivity contribution in [1.82, 2.24) is 5.32 Å². The first kappa shape index (κ1) is 20.1. The molecule has 3 rings (SSSR count). The van der Waals surface area contributed by atoms with Gasteiger partial charge in [0, 0.05) is 17.5 Å². The maximum Gasteiger partial charge on any atom is 0.407 e. The summed E-state index contributed by atoms with van der Waals surface area (Å²) < 4.78 is 15.4. The van der Waals surface area contributed by atoms with Gasteiger partial charge in [0.25, 0.3) is 0 Å². The number of alkyl carbamates (subject to hydrolysis) is 1. The normalized spacial score (nSPS) is 10.5. The van der Waals surface area contributed by atoms with Gasteiger partial charge in [0.15, 0.2) is 0 Å². The van der Waals surface area contributed by atoms with E-state index in [4.69, 9.17) is 13.9 Å². The van der Waals surface area contributed by atoms with Crippen LogP contribution < -0.4 is 15.7 Å². The number of esters is 1. The number of nitrogens with one attached hydrogen (secondary N) is 1. The molecule has 0 aliphatic heterocycles. The van der Waals surface area contributed by atoms with E-state index in [0.29, 0.717) is 5.58 Å². The molecule has 0 radical (unpaired) electrons. The second-order valence-electron chi connectivity index (χ2n) is 6.39. The zero-order chi connectivity index (χ0) is 20.6. The number of rotatable bonds is 7. The van der Waals surface area contributed by atoms with E-state index in [1.165, 1.54) is 12.1 Å². The third kappa shape index (κ3) is 5.68. The molecule has 1 amide bonds. The van der Waals surface area contributed by atoms with E-state index in [9.17, 15) is 14.4 Å². The maximum absolute atomic E-state index is 12.0. The lowest BCUT2D eigenvalue weighted by molar-refractivity contribution is -0.133. The van der Waals surface area contributed by atoms with Gasteiger partial charge in [-0.25, -0.2) is 14.4 Å². The van der Waals surface area contributed by atoms with Crippen molar-refractivity contribution in [2.75, 3.05) is 6.54 Å². The zero-order valence-electron chi connectivity index (χ0n) is 16.0. The number of carbonyl (C=O) groups is 2. The number of aryl methyl sites for hydroxylation is 1. The minimum absolute atomic E-state index is 0.103. The van der Waals surface area contributed by atoms with Crippen molar-refractivity contribution in [1.29, 1.82) is 0 Å². The molecule has 0 spiro atoms. The number of carbonyl (C=O) groups excluding carboxylic acids is 2. The van der Waals surface area contributed by atoms with Crippen LogP contribution in [0.4, 0.5) is 4.79 Å². The SMILES string of the molecule is CCCc1cc(=O)oc2cc(OC(=O)CNC(=O)OCc3ccccc3)ccc12. The molecular formula is C22H21NO6. The number of ether oxygens (including phenoxy) is 2. The Morgan fingerprint density at radius 3 is 2.62 bits per heavy atom. The standard InChI is InChI=1S/C22H21NO6/c1-2-6-16-11-20(24)29-19-12-17(9-10-18(16)19)28-21(25)13-23-22(26)27-14-15-7-4-3-5-8-15/h3-5,7-12H,2,6,13-14H2,1H3,(H,23,26). The number of benzene rings is 2. The Labute approximate surface area is 167 Å². The first-order chi connectivity index (χ1) is 14.0. The van der Waals surface area contributed by atoms with Gasteiger partial charge in [-0.3, -0.25) is 0 Å². The molecule has 0 atom stereocenters. The van der Waals surface area contributed by atoms with Crippen LogP contribution in [0, 0.1) is 0 Å². The van der Waals surface area contributed by atoms with Crippen LogP contribution in [0.3, 0.4) is 0 Å². The number of hydrogen-bond acceptors (Lipinski definition) is 6. The summed E-state index contributed by atoms with van der Waals surface area (Å²) in [6.45, 7) is 1.77. The summed E-state index contributed by atoms with van der Waals surface area (Å²) in [6.07, 6.45) is 0.914. The Hall–Kier alpha value is -3.61. The zero-order valence-corrected chi connectivity index (χ0v) is 16.0. The fraction of sp³-hybridized carbons (Fsp3) is 0.227. The Morgan fingerprint density at radius 1 is 1.07 bits per heavy atom. The lowest BCUT2D eigenvalue weighted by atomic mass is 10.1. The van der Waals surface area contributed by atoms with Crippen LogP contribution in [-0.4, -0.2) is 18.6 Å². The van der Waals surface area contributed by atoms with Crippen LogP contribution in [0.25, 0.3) is 11.0 Å². The lowest BCUT2D eigenvalue weighted by Gasteiger charge is -2.09. The second-order valence-corrected chi connectivity index (χ2v) is 6.39. The maximum atomic E-state index is 12.0. The highest BCUT2D eigenvalue weighted by Crippen LogP contribution is 2.23. The van der Waals surface area contributed by atoms with Gasteiger partial charge in [-0.1, -0.05) is 43.7 Å². The molecule has 0 fully saturated rings. The second kappa shape index (κ2) is 9.54. The molecule has 150 valence electrons. The highest BCUT2D eigenvalue weighted by molar-refractivity contribution is 5.84. The lowest BCUT2D eigenvalue weighted by Crippen LogP contribution is -2.32. The van der Waals surface area contributed by atoms with E-state index in [1.54, 1.807) is 12.1 Å². The largest absolute Gasteiger partial charge is 0.445 e. The van der Waals surface area contributed by atoms with Crippen molar-refractivity contribution in [2.45, 2.75) is 26.4 Å². The van der Waals surface area contributed by atoms with Crippen molar-refractivity contribution in [3.8, 4) is 5.75 Å². The van der Waals surface area contributed by atoms with Gasteiger partial charge in [-0.2, -0.15) is 0 Å². The first-order valence-electron chi connectivity index (χ1n) is 9.27. The minimum Gasteiger partial charge on any atom is -0.445 e. The number of hydrogen-bond donors (Lipinski definition) is 1. The van der Waals surface area contributed by atoms with Crippen molar-refractivity contribution in [3.63, 3.8) is 0 Å². The first-order valence-corrected chi connectivity index (χ1v) is 9.27. The van der Waals surface area contributed by atoms with Crippen molar-refractivity contribution < 1.29 is 23.5 Å². The summed E-state index contributed by atoms with van der Waals surface area (Å²) in [5.74, 6) is -0.452. The molecule has 0 bridgehead atoms. The molecule has 3 aromatic rings. The van der Waals surface area contributed by atoms with Crippen molar-refractivity contribution >= 4 is 23.0 Å². The van der Waals surface area contributed by atoms with Gasteiger partial charge >= 0.3 is 17.7 Å². The van der Waals surface area contributed by atoms with E-state index >= 15 is 0 Å². The van der Waals surface area contributed by atoms with E-state index in [1.807, 2.05) is 37.3 Å². The summed E-state index contributed by atoms with van der Waals surface area (Å²) in [5, 5.41) is 3.14. The number of fused-ring (bicyclic) bond motifs is 1. The number of amides is 1. The minimum atomic E-state index is -0.723. The molecule has 0 saturated heterocycles. The van der Waals surface area contributed by atoms with Gasteiger partial charge in [0.2, 0.25) is 0 Å². The summed E-state index contributed by atoms with van der Waals surface area (Å²) in [4.78, 5) is 35.4. The third-order valence-corrected chi connectivity index (χ3v) is 4.14. The molecule has 0 aliphatic carbocycles. The smallest absolute Gasteiger partial charge is 0.407 e. The quantitative estimate of drug-likeness (QED) is 0.373. The van der Waals surface area contributed by atoms with E-state index < -0.39 is 17.7 Å². The molecule has 29 heavy (non-hydrogen) atoms. The predicted octanol–water partition coefficient (Wildman–Crippen LogP) is 3.58. The molecule has 0 aliphatic rings. The molecular weight excluding hydrogens is 374 g/mol. The van der Waals surface area contributed by atoms with E-state index in [2.05, 4.69) is 5.32 Å². The van der Waals surface area contributed by atoms with Gasteiger partial charge in [0.05, 0.1) is 0 Å². The Balaban J connectivity index is 1.55. The van der Waals surface area contributed by atoms with Crippen molar-refractivity contribution in [3.05, 3.63) is 76.1 Å². The van der Waals surface area contributed by atoms with Gasteiger partial charge < -0.3 is 19.2 Å². The Kier molecular flexibility index (Phi) is 6.63. The Bertz CT molecular complexity index is 1060. The molecule has 2 aromatic carbocycles. The van der Waals surface area contributed by atoms with Gasteiger partial charge in [-0.05, 0) is 29.7 Å². The third-order valence-electron chi connectivity index (χ3n) is 4.14. The van der Waals surface area contributed by atoms with Crippen LogP contribution in [0.15, 0.2) is 63.8 Å². The van der Waals surface area contributed by atoms with Crippen LogP contribution >= 0.6 is 0 Å². The van der Waals surface area contributed by atoms with Crippen LogP contribution in [0.1, 0.15) is 24.5 Å². The molecule has 0 unspecified atom stereocenters.